The third kappa shape index (κ3) is 5.83. The predicted octanol–water partition coefficient (Wildman–Crippen LogP) is 2.81. The molecule has 4 nitrogen and oxygen atoms in total. The molecule has 108 valence electrons. The number of hydrogen-bond donors (Lipinski definition) is 2. The largest absolute Gasteiger partial charge is 0.491 e. The van der Waals surface area contributed by atoms with Crippen molar-refractivity contribution >= 4 is 11.4 Å². The van der Waals surface area contributed by atoms with Gasteiger partial charge >= 0.3 is 0 Å². The zero-order chi connectivity index (χ0) is 14.3. The minimum absolute atomic E-state index is 0.421. The van der Waals surface area contributed by atoms with Crippen LogP contribution < -0.4 is 15.8 Å². The summed E-state index contributed by atoms with van der Waals surface area (Å²) in [5.74, 6) is 0.770. The van der Waals surface area contributed by atoms with E-state index in [9.17, 15) is 0 Å². The van der Waals surface area contributed by atoms with E-state index in [-0.39, 0.29) is 0 Å². The van der Waals surface area contributed by atoms with Crippen LogP contribution in [-0.2, 0) is 0 Å². The van der Waals surface area contributed by atoms with Gasteiger partial charge in [0, 0.05) is 17.8 Å². The zero-order valence-corrected chi connectivity index (χ0v) is 12.6. The van der Waals surface area contributed by atoms with Gasteiger partial charge in [-0.2, -0.15) is 0 Å². The average molecular weight is 265 g/mol. The molecule has 0 saturated carbocycles. The molecule has 19 heavy (non-hydrogen) atoms. The Bertz CT molecular complexity index is 380. The molecule has 0 aliphatic carbocycles. The fraction of sp³-hybridized carbons (Fsp3) is 0.600. The van der Waals surface area contributed by atoms with Gasteiger partial charge in [0.2, 0.25) is 0 Å². The molecule has 0 amide bonds. The van der Waals surface area contributed by atoms with Gasteiger partial charge in [-0.25, -0.2) is 0 Å². The number of rotatable bonds is 8. The Morgan fingerprint density at radius 2 is 2.11 bits per heavy atom. The summed E-state index contributed by atoms with van der Waals surface area (Å²) in [5.41, 5.74) is 7.66. The Balaban J connectivity index is 2.58. The fourth-order valence-electron chi connectivity index (χ4n) is 1.77. The van der Waals surface area contributed by atoms with Gasteiger partial charge in [0.25, 0.3) is 0 Å². The molecule has 0 heterocycles. The van der Waals surface area contributed by atoms with Crippen molar-refractivity contribution < 1.29 is 4.74 Å². The minimum atomic E-state index is 0.421. The molecule has 4 heteroatoms. The van der Waals surface area contributed by atoms with E-state index in [1.165, 1.54) is 0 Å². The highest BCUT2D eigenvalue weighted by atomic mass is 16.5. The third-order valence-electron chi connectivity index (χ3n) is 2.90. The van der Waals surface area contributed by atoms with E-state index in [2.05, 4.69) is 38.2 Å². The Morgan fingerprint density at radius 3 is 2.74 bits per heavy atom. The number of nitrogen functional groups attached to an aromatic ring is 1. The Kier molecular flexibility index (Phi) is 6.50. The molecule has 0 bridgehead atoms. The molecule has 3 N–H and O–H groups in total. The molecule has 0 aliphatic rings. The first kappa shape index (κ1) is 15.6. The number of benzene rings is 1. The Morgan fingerprint density at radius 1 is 1.37 bits per heavy atom. The van der Waals surface area contributed by atoms with Gasteiger partial charge in [-0.15, -0.1) is 0 Å². The van der Waals surface area contributed by atoms with Crippen LogP contribution in [0, 0.1) is 0 Å². The number of nitrogens with one attached hydrogen (secondary N) is 1. The first-order valence-electron chi connectivity index (χ1n) is 6.96. The number of anilines is 2. The normalized spacial score (nSPS) is 12.5. The van der Waals surface area contributed by atoms with Crippen molar-refractivity contribution in [2.75, 3.05) is 38.3 Å². The highest BCUT2D eigenvalue weighted by Gasteiger charge is 2.06. The van der Waals surface area contributed by atoms with Crippen LogP contribution in [0.1, 0.15) is 26.7 Å². The van der Waals surface area contributed by atoms with Crippen molar-refractivity contribution in [3.8, 4) is 5.75 Å². The van der Waals surface area contributed by atoms with Crippen LogP contribution in [0.3, 0.4) is 0 Å². The number of nitrogens with zero attached hydrogens (tertiary/aromatic N) is 1. The van der Waals surface area contributed by atoms with Crippen LogP contribution in [0.2, 0.25) is 0 Å². The van der Waals surface area contributed by atoms with Crippen molar-refractivity contribution in [2.45, 2.75) is 32.7 Å². The molecule has 0 radical (unpaired) electrons. The first-order chi connectivity index (χ1) is 9.02. The van der Waals surface area contributed by atoms with E-state index in [1.54, 1.807) is 0 Å². The molecule has 0 aliphatic heterocycles. The van der Waals surface area contributed by atoms with Crippen molar-refractivity contribution in [1.82, 2.24) is 4.90 Å². The molecule has 1 aromatic carbocycles. The fourth-order valence-corrected chi connectivity index (χ4v) is 1.77. The summed E-state index contributed by atoms with van der Waals surface area (Å²) in [5, 5.41) is 3.48. The van der Waals surface area contributed by atoms with Crippen molar-refractivity contribution in [2.24, 2.45) is 0 Å². The summed E-state index contributed by atoms with van der Waals surface area (Å²) in [6.45, 7) is 6.04. The van der Waals surface area contributed by atoms with Gasteiger partial charge in [-0.1, -0.05) is 6.92 Å². The first-order valence-corrected chi connectivity index (χ1v) is 6.96. The standard InChI is InChI=1S/C15H27N3O/c1-5-10-19-15-11-13(6-7-14(15)16)17-12(2)8-9-18(3)4/h6-7,11-12,17H,5,8-10,16H2,1-4H3. The summed E-state index contributed by atoms with van der Waals surface area (Å²) in [7, 11) is 4.18. The van der Waals surface area contributed by atoms with E-state index >= 15 is 0 Å². The van der Waals surface area contributed by atoms with Gasteiger partial charge in [-0.05, 0) is 52.5 Å². The number of hydrogen-bond acceptors (Lipinski definition) is 4. The van der Waals surface area contributed by atoms with Gasteiger partial charge in [0.15, 0.2) is 0 Å². The van der Waals surface area contributed by atoms with Gasteiger partial charge in [-0.3, -0.25) is 0 Å². The summed E-state index contributed by atoms with van der Waals surface area (Å²) in [6.07, 6.45) is 2.08. The maximum Gasteiger partial charge on any atom is 0.144 e. The lowest BCUT2D eigenvalue weighted by atomic mass is 10.2. The molecule has 1 rings (SSSR count). The predicted molar refractivity (Wildman–Crippen MR) is 82.9 cm³/mol. The molecule has 1 atom stereocenters. The summed E-state index contributed by atoms with van der Waals surface area (Å²) in [6, 6.07) is 6.30. The highest BCUT2D eigenvalue weighted by Crippen LogP contribution is 2.26. The molecular formula is C15H27N3O. The van der Waals surface area contributed by atoms with E-state index < -0.39 is 0 Å². The quantitative estimate of drug-likeness (QED) is 0.710. The average Bonchev–Trinajstić information content (AvgIpc) is 2.37. The maximum absolute atomic E-state index is 5.90. The lowest BCUT2D eigenvalue weighted by Crippen LogP contribution is -2.23. The Labute approximate surface area is 116 Å². The van der Waals surface area contributed by atoms with E-state index in [1.807, 2.05) is 18.2 Å². The van der Waals surface area contributed by atoms with Crippen LogP contribution >= 0.6 is 0 Å². The lowest BCUT2D eigenvalue weighted by molar-refractivity contribution is 0.319. The smallest absolute Gasteiger partial charge is 0.144 e. The van der Waals surface area contributed by atoms with Crippen LogP contribution in [0.15, 0.2) is 18.2 Å². The second-order valence-corrected chi connectivity index (χ2v) is 5.24. The van der Waals surface area contributed by atoms with Crippen LogP contribution in [0.25, 0.3) is 0 Å². The van der Waals surface area contributed by atoms with Gasteiger partial charge in [0.1, 0.15) is 5.75 Å². The molecule has 1 aromatic rings. The SMILES string of the molecule is CCCOc1cc(NC(C)CCN(C)C)ccc1N. The monoisotopic (exact) mass is 265 g/mol. The molecule has 0 saturated heterocycles. The third-order valence-corrected chi connectivity index (χ3v) is 2.90. The van der Waals surface area contributed by atoms with Crippen LogP contribution in [0.5, 0.6) is 5.75 Å². The van der Waals surface area contributed by atoms with Crippen molar-refractivity contribution in [1.29, 1.82) is 0 Å². The maximum atomic E-state index is 5.90. The van der Waals surface area contributed by atoms with Gasteiger partial charge in [0.05, 0.1) is 12.3 Å². The number of nitrogens with two attached hydrogens (primary N) is 1. The molecule has 0 fully saturated rings. The van der Waals surface area contributed by atoms with E-state index in [4.69, 9.17) is 10.5 Å². The number of ether oxygens (including phenoxy) is 1. The summed E-state index contributed by atoms with van der Waals surface area (Å²) in [4.78, 5) is 2.19. The zero-order valence-electron chi connectivity index (χ0n) is 12.6. The molecule has 1 unspecified atom stereocenters. The second-order valence-electron chi connectivity index (χ2n) is 5.24. The lowest BCUT2D eigenvalue weighted by Gasteiger charge is -2.18. The Hall–Kier alpha value is -1.42. The molecular weight excluding hydrogens is 238 g/mol. The minimum Gasteiger partial charge on any atom is -0.491 e. The highest BCUT2D eigenvalue weighted by molar-refractivity contribution is 5.61. The topological polar surface area (TPSA) is 50.5 Å². The van der Waals surface area contributed by atoms with Crippen LogP contribution in [0.4, 0.5) is 11.4 Å². The van der Waals surface area contributed by atoms with Crippen molar-refractivity contribution in [3.05, 3.63) is 18.2 Å². The van der Waals surface area contributed by atoms with E-state index in [0.717, 1.165) is 30.8 Å². The van der Waals surface area contributed by atoms with Crippen LogP contribution in [-0.4, -0.2) is 38.2 Å². The molecule has 0 aromatic heterocycles. The summed E-state index contributed by atoms with van der Waals surface area (Å²) >= 11 is 0. The van der Waals surface area contributed by atoms with E-state index in [0.29, 0.717) is 18.3 Å². The summed E-state index contributed by atoms with van der Waals surface area (Å²) < 4.78 is 5.63. The van der Waals surface area contributed by atoms with Crippen molar-refractivity contribution in [3.63, 3.8) is 0 Å². The second kappa shape index (κ2) is 7.89. The molecule has 0 spiro atoms. The van der Waals surface area contributed by atoms with Gasteiger partial charge < -0.3 is 20.7 Å².